The smallest absolute Gasteiger partial charge is 0.154 e. The van der Waals surface area contributed by atoms with Gasteiger partial charge in [0.05, 0.1) is 0 Å². The third-order valence-electron chi connectivity index (χ3n) is 9.56. The van der Waals surface area contributed by atoms with Crippen molar-refractivity contribution in [3.05, 3.63) is 168 Å². The first-order valence-electron chi connectivity index (χ1n) is 16.7. The fraction of sp³-hybridized carbons (Fsp3) is 0.182. The zero-order valence-electron chi connectivity index (χ0n) is 27.9. The maximum absolute atomic E-state index is 9.41. The molecule has 6 rings (SSSR count). The molecule has 1 N–H and O–H groups in total. The number of nitrogens with zero attached hydrogens (tertiary/aromatic N) is 2. The van der Waals surface area contributed by atoms with E-state index >= 15 is 0 Å². The second-order valence-corrected chi connectivity index (χ2v) is 12.2. The quantitative estimate of drug-likeness (QED) is 0.100. The number of hydrogen-bond acceptors (Lipinski definition) is 1. The van der Waals surface area contributed by atoms with Gasteiger partial charge >= 0.3 is 0 Å². The molecule has 3 heteroatoms. The summed E-state index contributed by atoms with van der Waals surface area (Å²) in [6.45, 7) is 11.6. The lowest BCUT2D eigenvalue weighted by atomic mass is 9.69. The lowest BCUT2D eigenvalue weighted by molar-refractivity contribution is 0.537. The molecular weight excluding hydrogens is 571 g/mol. The molecule has 0 fully saturated rings. The van der Waals surface area contributed by atoms with Crippen molar-refractivity contribution in [2.45, 2.75) is 39.0 Å². The monoisotopic (exact) mass is 613 g/mol. The van der Waals surface area contributed by atoms with Crippen LogP contribution in [0.1, 0.15) is 55.9 Å². The normalized spacial score (nSPS) is 15.6. The highest BCUT2D eigenvalue weighted by Gasteiger charge is 2.43. The van der Waals surface area contributed by atoms with Crippen molar-refractivity contribution in [2.24, 2.45) is 4.99 Å². The lowest BCUT2D eigenvalue weighted by Gasteiger charge is -2.33. The van der Waals surface area contributed by atoms with Crippen LogP contribution in [-0.2, 0) is 5.41 Å². The molecule has 1 atom stereocenters. The van der Waals surface area contributed by atoms with Crippen LogP contribution in [0.4, 0.5) is 0 Å². The van der Waals surface area contributed by atoms with Crippen molar-refractivity contribution in [1.29, 1.82) is 5.41 Å². The average molecular weight is 614 g/mol. The summed E-state index contributed by atoms with van der Waals surface area (Å²) in [4.78, 5) is 7.23. The number of benzene rings is 5. The van der Waals surface area contributed by atoms with Crippen LogP contribution in [0.5, 0.6) is 0 Å². The van der Waals surface area contributed by atoms with E-state index in [4.69, 9.17) is 4.99 Å². The third-order valence-corrected chi connectivity index (χ3v) is 9.56. The molecule has 0 aromatic heterocycles. The van der Waals surface area contributed by atoms with Gasteiger partial charge in [0.2, 0.25) is 0 Å². The van der Waals surface area contributed by atoms with Crippen LogP contribution >= 0.6 is 0 Å². The summed E-state index contributed by atoms with van der Waals surface area (Å²) in [5.41, 5.74) is 12.2. The van der Waals surface area contributed by atoms with Crippen molar-refractivity contribution in [3.8, 4) is 33.4 Å². The van der Waals surface area contributed by atoms with Crippen LogP contribution < -0.4 is 0 Å². The molecule has 0 heterocycles. The summed E-state index contributed by atoms with van der Waals surface area (Å²) in [5.74, 6) is 1.02. The number of aliphatic imine (C=N–C) groups is 1. The van der Waals surface area contributed by atoms with E-state index in [-0.39, 0.29) is 11.3 Å². The van der Waals surface area contributed by atoms with Gasteiger partial charge in [-0.2, -0.15) is 0 Å². The first-order valence-corrected chi connectivity index (χ1v) is 16.7. The Bertz CT molecular complexity index is 1930. The van der Waals surface area contributed by atoms with E-state index < -0.39 is 0 Å². The highest BCUT2D eigenvalue weighted by molar-refractivity contribution is 6.11. The van der Waals surface area contributed by atoms with E-state index in [1.54, 1.807) is 0 Å². The zero-order valence-corrected chi connectivity index (χ0v) is 27.9. The van der Waals surface area contributed by atoms with Crippen LogP contribution in [-0.4, -0.2) is 30.2 Å². The molecule has 47 heavy (non-hydrogen) atoms. The van der Waals surface area contributed by atoms with Gasteiger partial charge in [0.25, 0.3) is 0 Å². The molecule has 1 aliphatic carbocycles. The standard InChI is InChI=1S/C44H43N3/c1-6-18-37(7-2)44(8-3)40-24-17-16-23-38(40)39-26-25-33(30-41(39)44)42(45)46-43(47(5)9-4)36-28-34(31-19-12-10-13-20-31)27-35(29-36)32-21-14-11-15-22-32/h7,10-30,45H,2,6,8-9H2,1,3-5H3/b37-18+,45-42?,46-43?. The van der Waals surface area contributed by atoms with E-state index in [0.717, 1.165) is 58.6 Å². The number of hydrogen-bond donors (Lipinski definition) is 1. The van der Waals surface area contributed by atoms with E-state index in [1.807, 2.05) is 18.2 Å². The predicted octanol–water partition coefficient (Wildman–Crippen LogP) is 10.9. The van der Waals surface area contributed by atoms with Gasteiger partial charge in [0, 0.05) is 30.1 Å². The van der Waals surface area contributed by atoms with Crippen LogP contribution in [0.15, 0.2) is 151 Å². The third kappa shape index (κ3) is 5.79. The molecule has 0 saturated heterocycles. The SMILES string of the molecule is C=C/C(=C\CC)C1(CC)c2ccccc2-c2ccc(C(=N)N=C(c3cc(-c4ccccc4)cc(-c4ccccc4)c3)N(C)CC)cc21. The first kappa shape index (κ1) is 31.7. The van der Waals surface area contributed by atoms with Crippen molar-refractivity contribution >= 4 is 11.7 Å². The Balaban J connectivity index is 1.50. The van der Waals surface area contributed by atoms with Crippen molar-refractivity contribution in [1.82, 2.24) is 4.90 Å². The summed E-state index contributed by atoms with van der Waals surface area (Å²) >= 11 is 0. The van der Waals surface area contributed by atoms with Crippen molar-refractivity contribution < 1.29 is 0 Å². The van der Waals surface area contributed by atoms with E-state index in [1.165, 1.54) is 27.8 Å². The summed E-state index contributed by atoms with van der Waals surface area (Å²) in [5, 5.41) is 9.41. The number of nitrogens with one attached hydrogen (secondary N) is 1. The highest BCUT2D eigenvalue weighted by atomic mass is 15.2. The summed E-state index contributed by atoms with van der Waals surface area (Å²) < 4.78 is 0. The average Bonchev–Trinajstić information content (AvgIpc) is 3.42. The number of amidine groups is 2. The molecule has 1 unspecified atom stereocenters. The Morgan fingerprint density at radius 2 is 1.30 bits per heavy atom. The Morgan fingerprint density at radius 1 is 0.702 bits per heavy atom. The number of rotatable bonds is 9. The van der Waals surface area contributed by atoms with E-state index in [0.29, 0.717) is 0 Å². The Morgan fingerprint density at radius 3 is 1.87 bits per heavy atom. The lowest BCUT2D eigenvalue weighted by Crippen LogP contribution is -2.29. The Hall–Kier alpha value is -5.28. The summed E-state index contributed by atoms with van der Waals surface area (Å²) in [6.07, 6.45) is 6.15. The molecule has 0 amide bonds. The molecule has 0 saturated carbocycles. The highest BCUT2D eigenvalue weighted by Crippen LogP contribution is 2.55. The van der Waals surface area contributed by atoms with Crippen molar-refractivity contribution in [2.75, 3.05) is 13.6 Å². The van der Waals surface area contributed by atoms with Crippen molar-refractivity contribution in [3.63, 3.8) is 0 Å². The molecule has 0 spiro atoms. The maximum atomic E-state index is 9.41. The largest absolute Gasteiger partial charge is 0.359 e. The van der Waals surface area contributed by atoms with Crippen LogP contribution in [0.2, 0.25) is 0 Å². The van der Waals surface area contributed by atoms with Crippen LogP contribution in [0.25, 0.3) is 33.4 Å². The van der Waals surface area contributed by atoms with Gasteiger partial charge in [-0.25, -0.2) is 4.99 Å². The van der Waals surface area contributed by atoms with Gasteiger partial charge in [-0.05, 0) is 94.1 Å². The summed E-state index contributed by atoms with van der Waals surface area (Å²) in [7, 11) is 2.05. The van der Waals surface area contributed by atoms with Gasteiger partial charge in [-0.1, -0.05) is 130 Å². The summed E-state index contributed by atoms with van der Waals surface area (Å²) in [6, 6.07) is 42.8. The van der Waals surface area contributed by atoms with Crippen LogP contribution in [0.3, 0.4) is 0 Å². The van der Waals surface area contributed by atoms with E-state index in [9.17, 15) is 5.41 Å². The minimum absolute atomic E-state index is 0.245. The number of fused-ring (bicyclic) bond motifs is 3. The second kappa shape index (κ2) is 13.6. The zero-order chi connectivity index (χ0) is 33.0. The first-order chi connectivity index (χ1) is 22.9. The molecule has 5 aromatic carbocycles. The minimum atomic E-state index is -0.318. The molecular formula is C44H43N3. The molecule has 1 aliphatic rings. The van der Waals surface area contributed by atoms with Gasteiger partial charge in [0.1, 0.15) is 5.84 Å². The second-order valence-electron chi connectivity index (χ2n) is 12.2. The fourth-order valence-corrected chi connectivity index (χ4v) is 7.10. The van der Waals surface area contributed by atoms with Crippen LogP contribution in [0, 0.1) is 5.41 Å². The topological polar surface area (TPSA) is 39.5 Å². The minimum Gasteiger partial charge on any atom is -0.359 e. The van der Waals surface area contributed by atoms with Gasteiger partial charge < -0.3 is 4.90 Å². The molecule has 0 radical (unpaired) electrons. The Labute approximate surface area is 280 Å². The van der Waals surface area contributed by atoms with Gasteiger partial charge in [-0.15, -0.1) is 0 Å². The van der Waals surface area contributed by atoms with E-state index in [2.05, 4.69) is 155 Å². The molecule has 3 nitrogen and oxygen atoms in total. The fourth-order valence-electron chi connectivity index (χ4n) is 7.10. The predicted molar refractivity (Wildman–Crippen MR) is 201 cm³/mol. The molecule has 234 valence electrons. The maximum Gasteiger partial charge on any atom is 0.154 e. The van der Waals surface area contributed by atoms with Gasteiger partial charge in [0.15, 0.2) is 5.84 Å². The Kier molecular flexibility index (Phi) is 9.17. The molecule has 5 aromatic rings. The molecule has 0 aliphatic heterocycles. The van der Waals surface area contributed by atoms with Gasteiger partial charge in [-0.3, -0.25) is 5.41 Å². The number of allylic oxidation sites excluding steroid dienone is 3. The molecule has 0 bridgehead atoms.